The van der Waals surface area contributed by atoms with Gasteiger partial charge in [0.25, 0.3) is 0 Å². The fourth-order valence-corrected chi connectivity index (χ4v) is 2.90. The molecule has 0 aliphatic carbocycles. The number of hydrogen-bond donors (Lipinski definition) is 0. The maximum atomic E-state index is 13.6. The number of ether oxygens (including phenoxy) is 2. The van der Waals surface area contributed by atoms with Gasteiger partial charge in [-0.05, 0) is 37.6 Å². The molecule has 3 nitrogen and oxygen atoms in total. The van der Waals surface area contributed by atoms with Crippen molar-refractivity contribution in [3.8, 4) is 16.9 Å². The molecule has 1 aliphatic rings. The van der Waals surface area contributed by atoms with E-state index in [0.717, 1.165) is 11.1 Å². The van der Waals surface area contributed by atoms with Gasteiger partial charge in [-0.3, -0.25) is 4.79 Å². The zero-order chi connectivity index (χ0) is 15.7. The van der Waals surface area contributed by atoms with Gasteiger partial charge in [0.1, 0.15) is 17.2 Å². The van der Waals surface area contributed by atoms with Gasteiger partial charge >= 0.3 is 5.97 Å². The quantitative estimate of drug-likeness (QED) is 0.802. The monoisotopic (exact) mass is 300 g/mol. The van der Waals surface area contributed by atoms with E-state index in [2.05, 4.69) is 0 Å². The largest absolute Gasteiger partial charge is 0.482 e. The summed E-state index contributed by atoms with van der Waals surface area (Å²) in [6.07, 6.45) is 0.106. The van der Waals surface area contributed by atoms with Crippen molar-refractivity contribution >= 4 is 5.97 Å². The number of hydrogen-bond acceptors (Lipinski definition) is 3. The normalized spacial score (nSPS) is 18.9. The standard InChI is InChI=1S/C18H17FO3/c1-3-21-17(20)11-18(2)15-7-5-4-6-13(15)14-10-12(19)8-9-16(14)22-18/h4-10H,3,11H2,1-2H3. The minimum Gasteiger partial charge on any atom is -0.482 e. The van der Waals surface area contributed by atoms with E-state index in [1.165, 1.54) is 12.1 Å². The highest BCUT2D eigenvalue weighted by molar-refractivity contribution is 5.79. The maximum absolute atomic E-state index is 13.6. The lowest BCUT2D eigenvalue weighted by Gasteiger charge is -2.37. The number of benzene rings is 2. The first-order chi connectivity index (χ1) is 10.5. The van der Waals surface area contributed by atoms with Crippen molar-refractivity contribution in [2.75, 3.05) is 6.61 Å². The number of fused-ring (bicyclic) bond motifs is 3. The van der Waals surface area contributed by atoms with Gasteiger partial charge in [0.15, 0.2) is 0 Å². The second-order valence-electron chi connectivity index (χ2n) is 5.50. The Bertz CT molecular complexity index is 726. The number of rotatable bonds is 3. The molecule has 1 unspecified atom stereocenters. The molecule has 3 rings (SSSR count). The van der Waals surface area contributed by atoms with Crippen molar-refractivity contribution in [3.05, 3.63) is 53.8 Å². The predicted octanol–water partition coefficient (Wildman–Crippen LogP) is 4.05. The molecule has 0 aromatic heterocycles. The molecular weight excluding hydrogens is 283 g/mol. The topological polar surface area (TPSA) is 35.5 Å². The Labute approximate surface area is 128 Å². The second kappa shape index (κ2) is 5.44. The summed E-state index contributed by atoms with van der Waals surface area (Å²) in [6, 6.07) is 12.0. The molecule has 4 heteroatoms. The first kappa shape index (κ1) is 14.6. The highest BCUT2D eigenvalue weighted by Gasteiger charge is 2.39. The molecule has 0 saturated heterocycles. The zero-order valence-electron chi connectivity index (χ0n) is 12.6. The van der Waals surface area contributed by atoms with Gasteiger partial charge in [-0.25, -0.2) is 4.39 Å². The fourth-order valence-electron chi connectivity index (χ4n) is 2.90. The summed E-state index contributed by atoms with van der Waals surface area (Å²) in [6.45, 7) is 3.96. The van der Waals surface area contributed by atoms with Gasteiger partial charge in [0.2, 0.25) is 0 Å². The van der Waals surface area contributed by atoms with Crippen molar-refractivity contribution < 1.29 is 18.7 Å². The van der Waals surface area contributed by atoms with Crippen LogP contribution in [-0.2, 0) is 15.1 Å². The van der Waals surface area contributed by atoms with Gasteiger partial charge in [0, 0.05) is 11.1 Å². The molecule has 0 fully saturated rings. The number of halogens is 1. The third-order valence-electron chi connectivity index (χ3n) is 3.85. The lowest BCUT2D eigenvalue weighted by Crippen LogP contribution is -2.36. The average molecular weight is 300 g/mol. The van der Waals surface area contributed by atoms with E-state index in [1.807, 2.05) is 31.2 Å². The average Bonchev–Trinajstić information content (AvgIpc) is 2.49. The van der Waals surface area contributed by atoms with Gasteiger partial charge in [-0.15, -0.1) is 0 Å². The molecule has 114 valence electrons. The van der Waals surface area contributed by atoms with Crippen LogP contribution in [0.4, 0.5) is 4.39 Å². The summed E-state index contributed by atoms with van der Waals surface area (Å²) in [5.74, 6) is -0.0524. The molecule has 2 aromatic rings. The molecule has 0 radical (unpaired) electrons. The molecule has 1 aliphatic heterocycles. The summed E-state index contributed by atoms with van der Waals surface area (Å²) in [5.41, 5.74) is 1.63. The van der Waals surface area contributed by atoms with Crippen molar-refractivity contribution in [1.82, 2.24) is 0 Å². The first-order valence-electron chi connectivity index (χ1n) is 7.27. The Morgan fingerprint density at radius 1 is 1.23 bits per heavy atom. The second-order valence-corrected chi connectivity index (χ2v) is 5.50. The van der Waals surface area contributed by atoms with Crippen molar-refractivity contribution in [3.63, 3.8) is 0 Å². The van der Waals surface area contributed by atoms with Gasteiger partial charge in [-0.2, -0.15) is 0 Å². The van der Waals surface area contributed by atoms with E-state index < -0.39 is 5.60 Å². The molecule has 2 aromatic carbocycles. The summed E-state index contributed by atoms with van der Waals surface area (Å²) in [7, 11) is 0. The van der Waals surface area contributed by atoms with Crippen LogP contribution in [0.3, 0.4) is 0 Å². The third kappa shape index (κ3) is 2.45. The first-order valence-corrected chi connectivity index (χ1v) is 7.27. The SMILES string of the molecule is CCOC(=O)CC1(C)Oc2ccc(F)cc2-c2ccccc21. The van der Waals surface area contributed by atoms with Gasteiger partial charge in [-0.1, -0.05) is 24.3 Å². The van der Waals surface area contributed by atoms with Crippen LogP contribution in [0.15, 0.2) is 42.5 Å². The van der Waals surface area contributed by atoms with Crippen molar-refractivity contribution in [2.24, 2.45) is 0 Å². The van der Waals surface area contributed by atoms with Gasteiger partial charge in [0.05, 0.1) is 13.0 Å². The predicted molar refractivity (Wildman–Crippen MR) is 81.1 cm³/mol. The Hall–Kier alpha value is -2.36. The molecule has 1 atom stereocenters. The number of esters is 1. The van der Waals surface area contributed by atoms with E-state index in [1.54, 1.807) is 13.0 Å². The minimum atomic E-state index is -0.826. The summed E-state index contributed by atoms with van der Waals surface area (Å²) in [4.78, 5) is 11.9. The molecule has 0 spiro atoms. The van der Waals surface area contributed by atoms with Crippen LogP contribution < -0.4 is 4.74 Å². The van der Waals surface area contributed by atoms with Crippen LogP contribution in [0, 0.1) is 5.82 Å². The minimum absolute atomic E-state index is 0.106. The zero-order valence-corrected chi connectivity index (χ0v) is 12.6. The van der Waals surface area contributed by atoms with E-state index in [9.17, 15) is 9.18 Å². The summed E-state index contributed by atoms with van der Waals surface area (Å²) < 4.78 is 24.7. The van der Waals surface area contributed by atoms with Gasteiger partial charge < -0.3 is 9.47 Å². The molecule has 22 heavy (non-hydrogen) atoms. The Kier molecular flexibility index (Phi) is 3.61. The van der Waals surface area contributed by atoms with Crippen LogP contribution in [0.5, 0.6) is 5.75 Å². The van der Waals surface area contributed by atoms with E-state index in [4.69, 9.17) is 9.47 Å². The lowest BCUT2D eigenvalue weighted by molar-refractivity contribution is -0.147. The Morgan fingerprint density at radius 2 is 2.00 bits per heavy atom. The maximum Gasteiger partial charge on any atom is 0.310 e. The van der Waals surface area contributed by atoms with Crippen molar-refractivity contribution in [2.45, 2.75) is 25.9 Å². The Morgan fingerprint density at radius 3 is 2.77 bits per heavy atom. The van der Waals surface area contributed by atoms with Crippen molar-refractivity contribution in [1.29, 1.82) is 0 Å². The molecule has 0 saturated carbocycles. The number of carbonyl (C=O) groups is 1. The fraction of sp³-hybridized carbons (Fsp3) is 0.278. The lowest BCUT2D eigenvalue weighted by atomic mass is 9.83. The smallest absolute Gasteiger partial charge is 0.310 e. The van der Waals surface area contributed by atoms with E-state index in [0.29, 0.717) is 17.9 Å². The van der Waals surface area contributed by atoms with Crippen LogP contribution in [0.25, 0.3) is 11.1 Å². The third-order valence-corrected chi connectivity index (χ3v) is 3.85. The van der Waals surface area contributed by atoms with E-state index in [-0.39, 0.29) is 18.2 Å². The molecule has 0 N–H and O–H groups in total. The molecule has 0 amide bonds. The Balaban J connectivity index is 2.09. The van der Waals surface area contributed by atoms with Crippen LogP contribution in [0.2, 0.25) is 0 Å². The molecule has 0 bridgehead atoms. The van der Waals surface area contributed by atoms with E-state index >= 15 is 0 Å². The van der Waals surface area contributed by atoms with Crippen LogP contribution in [0.1, 0.15) is 25.8 Å². The number of carbonyl (C=O) groups excluding carboxylic acids is 1. The summed E-state index contributed by atoms with van der Waals surface area (Å²) >= 11 is 0. The highest BCUT2D eigenvalue weighted by Crippen LogP contribution is 2.46. The van der Waals surface area contributed by atoms with Crippen LogP contribution in [-0.4, -0.2) is 12.6 Å². The highest BCUT2D eigenvalue weighted by atomic mass is 19.1. The molecule has 1 heterocycles. The molecular formula is C18H17FO3. The summed E-state index contributed by atoms with van der Waals surface area (Å²) in [5, 5.41) is 0. The van der Waals surface area contributed by atoms with Crippen LogP contribution >= 0.6 is 0 Å².